The van der Waals surface area contributed by atoms with Crippen LogP contribution in [-0.4, -0.2) is 16.9 Å². The van der Waals surface area contributed by atoms with Crippen molar-refractivity contribution in [3.8, 4) is 0 Å². The molecule has 0 aliphatic carbocycles. The van der Waals surface area contributed by atoms with Crippen LogP contribution in [0.3, 0.4) is 0 Å². The molecule has 3 aromatic rings. The summed E-state index contributed by atoms with van der Waals surface area (Å²) in [5, 5.41) is 19.3. The fraction of sp³-hybridized carbons (Fsp3) is 0.158. The van der Waals surface area contributed by atoms with Gasteiger partial charge in [0.25, 0.3) is 0 Å². The minimum atomic E-state index is -0.672. The number of rotatable bonds is 6. The molecule has 7 heteroatoms. The van der Waals surface area contributed by atoms with Crippen LogP contribution in [0.25, 0.3) is 0 Å². The van der Waals surface area contributed by atoms with Crippen LogP contribution in [0.5, 0.6) is 0 Å². The molecule has 1 unspecified atom stereocenters. The Morgan fingerprint density at radius 2 is 1.69 bits per heavy atom. The second-order valence-electron chi connectivity index (χ2n) is 5.61. The third-order valence-electron chi connectivity index (χ3n) is 3.74. The maximum absolute atomic E-state index is 11.9. The molecule has 2 amide bonds. The van der Waals surface area contributed by atoms with E-state index in [-0.39, 0.29) is 6.54 Å². The molecule has 134 valence electrons. The van der Waals surface area contributed by atoms with E-state index in [2.05, 4.69) is 10.6 Å². The van der Waals surface area contributed by atoms with Crippen LogP contribution in [0, 0.1) is 0 Å². The normalized spacial score (nSPS) is 11.7. The molecule has 3 rings (SSSR count). The molecule has 0 saturated carbocycles. The summed E-state index contributed by atoms with van der Waals surface area (Å²) in [4.78, 5) is 25.4. The molecule has 0 aliphatic rings. The molecule has 3 N–H and O–H groups in total. The maximum Gasteiger partial charge on any atom is 0.309 e. The first-order chi connectivity index (χ1) is 12.6. The molecule has 0 spiro atoms. The van der Waals surface area contributed by atoms with Crippen LogP contribution >= 0.6 is 22.7 Å². The largest absolute Gasteiger partial charge is 0.383 e. The summed E-state index contributed by atoms with van der Waals surface area (Å²) in [6, 6.07) is 15.0. The monoisotopic (exact) mass is 386 g/mol. The molecule has 26 heavy (non-hydrogen) atoms. The van der Waals surface area contributed by atoms with Gasteiger partial charge in [0.2, 0.25) is 0 Å². The molecule has 1 atom stereocenters. The van der Waals surface area contributed by atoms with Crippen LogP contribution in [0.1, 0.15) is 27.0 Å². The first-order valence-electron chi connectivity index (χ1n) is 8.02. The third kappa shape index (κ3) is 4.78. The Kier molecular flexibility index (Phi) is 6.17. The highest BCUT2D eigenvalue weighted by Crippen LogP contribution is 2.29. The first kappa shape index (κ1) is 18.3. The quantitative estimate of drug-likeness (QED) is 0.570. The number of amides is 2. The van der Waals surface area contributed by atoms with Crippen LogP contribution in [0.15, 0.2) is 59.3 Å². The minimum Gasteiger partial charge on any atom is -0.383 e. The van der Waals surface area contributed by atoms with E-state index in [1.165, 1.54) is 22.7 Å². The number of hydrogen-bond donors (Lipinski definition) is 3. The number of hydrogen-bond acceptors (Lipinski definition) is 5. The molecule has 1 aromatic carbocycles. The molecule has 0 saturated heterocycles. The van der Waals surface area contributed by atoms with Crippen molar-refractivity contribution >= 4 is 34.5 Å². The smallest absolute Gasteiger partial charge is 0.309 e. The predicted octanol–water partition coefficient (Wildman–Crippen LogP) is 2.82. The molecule has 0 radical (unpaired) electrons. The van der Waals surface area contributed by atoms with Crippen molar-refractivity contribution < 1.29 is 14.7 Å². The fourth-order valence-electron chi connectivity index (χ4n) is 2.34. The number of thiophene rings is 2. The molecule has 5 nitrogen and oxygen atoms in total. The van der Waals surface area contributed by atoms with Gasteiger partial charge < -0.3 is 15.7 Å². The third-order valence-corrected chi connectivity index (χ3v) is 5.58. The Balaban J connectivity index is 1.48. The van der Waals surface area contributed by atoms with Gasteiger partial charge in [-0.3, -0.25) is 9.59 Å². The summed E-state index contributed by atoms with van der Waals surface area (Å²) in [5.41, 5.74) is 1.78. The predicted molar refractivity (Wildman–Crippen MR) is 103 cm³/mol. The Morgan fingerprint density at radius 3 is 2.38 bits per heavy atom. The van der Waals surface area contributed by atoms with Gasteiger partial charge in [0.1, 0.15) is 6.10 Å². The van der Waals surface area contributed by atoms with Crippen molar-refractivity contribution in [3.63, 3.8) is 0 Å². The maximum atomic E-state index is 11.9. The zero-order chi connectivity index (χ0) is 18.4. The number of carbonyl (C=O) groups is 2. The number of aliphatic hydroxyl groups excluding tert-OH is 1. The number of nitrogens with one attached hydrogen (secondary N) is 2. The summed E-state index contributed by atoms with van der Waals surface area (Å²) >= 11 is 2.94. The lowest BCUT2D eigenvalue weighted by Gasteiger charge is -2.06. The highest BCUT2D eigenvalue weighted by Gasteiger charge is 2.15. The number of carbonyl (C=O) groups excluding carboxylic acids is 2. The Hall–Kier alpha value is -2.48. The van der Waals surface area contributed by atoms with Crippen molar-refractivity contribution in [2.45, 2.75) is 19.2 Å². The Morgan fingerprint density at radius 1 is 0.962 bits per heavy atom. The standard InChI is InChI=1S/C19H18N2O3S2/c22-17(14-8-9-25-12-14)16-7-6-15(26-16)11-21-19(24)18(23)20-10-13-4-2-1-3-5-13/h1-9,12,17,22H,10-11H2,(H,20,23)(H,21,24). The van der Waals surface area contributed by atoms with Crippen molar-refractivity contribution in [1.82, 2.24) is 10.6 Å². The lowest BCUT2D eigenvalue weighted by atomic mass is 10.2. The van der Waals surface area contributed by atoms with Gasteiger partial charge in [0, 0.05) is 16.3 Å². The van der Waals surface area contributed by atoms with Gasteiger partial charge in [0.05, 0.1) is 6.54 Å². The van der Waals surface area contributed by atoms with Gasteiger partial charge in [-0.2, -0.15) is 11.3 Å². The minimum absolute atomic E-state index is 0.249. The summed E-state index contributed by atoms with van der Waals surface area (Å²) in [6.45, 7) is 0.557. The molecule has 2 aromatic heterocycles. The highest BCUT2D eigenvalue weighted by molar-refractivity contribution is 7.12. The second-order valence-corrected chi connectivity index (χ2v) is 7.59. The average molecular weight is 386 g/mol. The second kappa shape index (κ2) is 8.75. The van der Waals surface area contributed by atoms with Crippen molar-refractivity contribution in [3.05, 3.63) is 80.2 Å². The lowest BCUT2D eigenvalue weighted by molar-refractivity contribution is -0.139. The van der Waals surface area contributed by atoms with Crippen molar-refractivity contribution in [2.24, 2.45) is 0 Å². The topological polar surface area (TPSA) is 78.4 Å². The van der Waals surface area contributed by atoms with Crippen LogP contribution < -0.4 is 10.6 Å². The van der Waals surface area contributed by atoms with E-state index in [1.54, 1.807) is 0 Å². The van der Waals surface area contributed by atoms with Crippen LogP contribution in [0.2, 0.25) is 0 Å². The summed E-state index contributed by atoms with van der Waals surface area (Å²) in [5.74, 6) is -1.33. The molecular formula is C19H18N2O3S2. The highest BCUT2D eigenvalue weighted by atomic mass is 32.1. The van der Waals surface area contributed by atoms with Crippen molar-refractivity contribution in [1.29, 1.82) is 0 Å². The van der Waals surface area contributed by atoms with Gasteiger partial charge in [0.15, 0.2) is 0 Å². The Labute approximate surface area is 159 Å². The SMILES string of the molecule is O=C(NCc1ccccc1)C(=O)NCc1ccc(C(O)c2ccsc2)s1. The molecular weight excluding hydrogens is 368 g/mol. The van der Waals surface area contributed by atoms with E-state index < -0.39 is 17.9 Å². The van der Waals surface area contributed by atoms with E-state index in [9.17, 15) is 14.7 Å². The van der Waals surface area contributed by atoms with E-state index >= 15 is 0 Å². The average Bonchev–Trinajstić information content (AvgIpc) is 3.36. The Bertz CT molecular complexity index is 860. The lowest BCUT2D eigenvalue weighted by Crippen LogP contribution is -2.39. The zero-order valence-corrected chi connectivity index (χ0v) is 15.5. The van der Waals surface area contributed by atoms with Crippen LogP contribution in [-0.2, 0) is 22.7 Å². The van der Waals surface area contributed by atoms with Gasteiger partial charge in [-0.1, -0.05) is 30.3 Å². The van der Waals surface area contributed by atoms with E-state index in [1.807, 2.05) is 59.3 Å². The van der Waals surface area contributed by atoms with Gasteiger partial charge in [-0.05, 0) is 40.1 Å². The van der Waals surface area contributed by atoms with Crippen molar-refractivity contribution in [2.75, 3.05) is 0 Å². The fourth-order valence-corrected chi connectivity index (χ4v) is 3.98. The number of benzene rings is 1. The van der Waals surface area contributed by atoms with E-state index in [0.717, 1.165) is 20.9 Å². The van der Waals surface area contributed by atoms with E-state index in [0.29, 0.717) is 6.54 Å². The summed E-state index contributed by atoms with van der Waals surface area (Å²) in [6.07, 6.45) is -0.662. The van der Waals surface area contributed by atoms with Gasteiger partial charge in [-0.25, -0.2) is 0 Å². The first-order valence-corrected chi connectivity index (χ1v) is 9.78. The van der Waals surface area contributed by atoms with Crippen LogP contribution in [0.4, 0.5) is 0 Å². The summed E-state index contributed by atoms with van der Waals surface area (Å²) < 4.78 is 0. The van der Waals surface area contributed by atoms with Gasteiger partial charge >= 0.3 is 11.8 Å². The molecule has 0 fully saturated rings. The van der Waals surface area contributed by atoms with E-state index in [4.69, 9.17) is 0 Å². The molecule has 2 heterocycles. The number of aliphatic hydroxyl groups is 1. The zero-order valence-electron chi connectivity index (χ0n) is 13.8. The molecule has 0 bridgehead atoms. The van der Waals surface area contributed by atoms with Gasteiger partial charge in [-0.15, -0.1) is 11.3 Å². The summed E-state index contributed by atoms with van der Waals surface area (Å²) in [7, 11) is 0. The molecule has 0 aliphatic heterocycles.